The molecule has 9 heavy (non-hydrogen) atoms. The summed E-state index contributed by atoms with van der Waals surface area (Å²) >= 11 is 4.75. The second kappa shape index (κ2) is 7.17. The second-order valence-corrected chi connectivity index (χ2v) is 3.34. The van der Waals surface area contributed by atoms with Crippen LogP contribution in [0.4, 0.5) is 0 Å². The Bertz CT molecular complexity index is 98.6. The lowest BCUT2D eigenvalue weighted by atomic mass is 10.8. The smallest absolute Gasteiger partial charge is 0.124 e. The lowest BCUT2D eigenvalue weighted by Gasteiger charge is -1.85. The van der Waals surface area contributed by atoms with Gasteiger partial charge in [0.1, 0.15) is 27.4 Å². The van der Waals surface area contributed by atoms with Crippen molar-refractivity contribution in [1.82, 2.24) is 0 Å². The number of hydrogen-bond donors (Lipinski definition) is 1. The topological polar surface area (TPSA) is 32.6 Å². The molecular formula is C4H8INOS2. The van der Waals surface area contributed by atoms with Crippen LogP contribution in [0.25, 0.3) is 0 Å². The summed E-state index contributed by atoms with van der Waals surface area (Å²) in [5.74, 6) is 1.19. The molecule has 54 valence electrons. The van der Waals surface area contributed by atoms with E-state index in [1.54, 1.807) is 11.8 Å². The van der Waals surface area contributed by atoms with Gasteiger partial charge in [-0.1, -0.05) is 11.8 Å². The minimum Gasteiger partial charge on any atom is -0.331 e. The fourth-order valence-corrected chi connectivity index (χ4v) is 1.92. The van der Waals surface area contributed by atoms with Crippen LogP contribution < -0.4 is 0 Å². The van der Waals surface area contributed by atoms with Gasteiger partial charge in [0, 0.05) is 5.75 Å². The van der Waals surface area contributed by atoms with Crippen molar-refractivity contribution in [3.05, 3.63) is 0 Å². The number of nitrogens with zero attached hydrogens (tertiary/aromatic N) is 1. The maximum Gasteiger partial charge on any atom is 0.124 e. The summed E-state index contributed by atoms with van der Waals surface area (Å²) in [6.07, 6.45) is 2.07. The summed E-state index contributed by atoms with van der Waals surface area (Å²) in [6, 6.07) is 0. The molecule has 1 aliphatic rings. The molecule has 0 saturated heterocycles. The van der Waals surface area contributed by atoms with Gasteiger partial charge in [0.15, 0.2) is 0 Å². The van der Waals surface area contributed by atoms with Crippen LogP contribution in [-0.2, 0) is 0 Å². The zero-order valence-corrected chi connectivity index (χ0v) is 8.79. The molecule has 0 unspecified atom stereocenters. The highest BCUT2D eigenvalue weighted by molar-refractivity contribution is 14.1. The fraction of sp³-hybridized carbons (Fsp3) is 0.750. The molecule has 0 aromatic rings. The Morgan fingerprint density at radius 3 is 2.67 bits per heavy atom. The van der Waals surface area contributed by atoms with Crippen LogP contribution in [-0.4, -0.2) is 26.4 Å². The van der Waals surface area contributed by atoms with Crippen molar-refractivity contribution in [2.75, 3.05) is 18.6 Å². The van der Waals surface area contributed by atoms with E-state index in [-0.39, 0.29) is 0 Å². The summed E-state index contributed by atoms with van der Waals surface area (Å²) in [5.41, 5.74) is 0. The third-order valence-corrected chi connectivity index (χ3v) is 2.83. The summed E-state index contributed by atoms with van der Waals surface area (Å²) in [5, 5.41) is 0. The van der Waals surface area contributed by atoms with E-state index in [2.05, 4.69) is 11.2 Å². The van der Waals surface area contributed by atoms with Gasteiger partial charge in [-0.3, -0.25) is 4.99 Å². The van der Waals surface area contributed by atoms with E-state index < -0.39 is 0 Å². The van der Waals surface area contributed by atoms with Gasteiger partial charge in [0.05, 0.1) is 6.54 Å². The monoisotopic (exact) mass is 277 g/mol. The molecule has 1 N–H and O–H groups in total. The molecule has 0 spiro atoms. The third-order valence-electron chi connectivity index (χ3n) is 0.732. The van der Waals surface area contributed by atoms with Crippen LogP contribution in [0.2, 0.25) is 0 Å². The van der Waals surface area contributed by atoms with Crippen LogP contribution in [0.3, 0.4) is 0 Å². The summed E-state index contributed by atoms with van der Waals surface area (Å²) in [7, 11) is 0. The second-order valence-electron chi connectivity index (χ2n) is 1.20. The quantitative estimate of drug-likeness (QED) is 0.685. The summed E-state index contributed by atoms with van der Waals surface area (Å²) < 4.78 is 8.22. The van der Waals surface area contributed by atoms with Crippen molar-refractivity contribution in [3.63, 3.8) is 0 Å². The molecule has 0 bridgehead atoms. The van der Waals surface area contributed by atoms with E-state index in [0.29, 0.717) is 0 Å². The minimum absolute atomic E-state index is 1.03. The van der Waals surface area contributed by atoms with Crippen LogP contribution in [0.15, 0.2) is 4.99 Å². The Kier molecular flexibility index (Phi) is 8.01. The van der Waals surface area contributed by atoms with Crippen molar-refractivity contribution in [1.29, 1.82) is 0 Å². The highest BCUT2D eigenvalue weighted by Crippen LogP contribution is 2.18. The molecule has 0 radical (unpaired) electrons. The standard InChI is InChI=1S/C4H7NS2.HIO/c1-6-4-5-2-3-7-4;1-2/h2-3H2,1H3;2H. The van der Waals surface area contributed by atoms with Gasteiger partial charge in [-0.25, -0.2) is 0 Å². The molecule has 1 aliphatic heterocycles. The van der Waals surface area contributed by atoms with Gasteiger partial charge in [0.2, 0.25) is 0 Å². The molecular weight excluding hydrogens is 269 g/mol. The maximum atomic E-state index is 6.97. The van der Waals surface area contributed by atoms with Crippen molar-refractivity contribution in [3.8, 4) is 0 Å². The van der Waals surface area contributed by atoms with E-state index >= 15 is 0 Å². The summed E-state index contributed by atoms with van der Waals surface area (Å²) in [6.45, 7) is 1.03. The molecule has 0 aromatic carbocycles. The molecule has 0 aromatic heterocycles. The van der Waals surface area contributed by atoms with Gasteiger partial charge in [-0.05, 0) is 6.26 Å². The highest BCUT2D eigenvalue weighted by atomic mass is 127. The van der Waals surface area contributed by atoms with Crippen LogP contribution in [0.1, 0.15) is 0 Å². The van der Waals surface area contributed by atoms with Gasteiger partial charge < -0.3 is 3.44 Å². The van der Waals surface area contributed by atoms with E-state index in [4.69, 9.17) is 3.44 Å². The molecule has 2 nitrogen and oxygen atoms in total. The zero-order valence-electron chi connectivity index (χ0n) is 5.00. The van der Waals surface area contributed by atoms with Crippen molar-refractivity contribution < 1.29 is 3.44 Å². The molecule has 0 fully saturated rings. The van der Waals surface area contributed by atoms with Gasteiger partial charge in [0.25, 0.3) is 0 Å². The Balaban J connectivity index is 0.000000291. The van der Waals surface area contributed by atoms with Gasteiger partial charge in [-0.2, -0.15) is 0 Å². The first kappa shape index (κ1) is 10.1. The Hall–Kier alpha value is 1.06. The van der Waals surface area contributed by atoms with Gasteiger partial charge >= 0.3 is 0 Å². The molecule has 5 heteroatoms. The zero-order chi connectivity index (χ0) is 7.11. The molecule has 0 aliphatic carbocycles. The van der Waals surface area contributed by atoms with Crippen molar-refractivity contribution in [2.45, 2.75) is 0 Å². The Labute approximate surface area is 77.6 Å². The van der Waals surface area contributed by atoms with E-state index in [0.717, 1.165) is 29.6 Å². The maximum absolute atomic E-state index is 6.97. The molecule has 0 saturated carbocycles. The number of aliphatic imine (C=N–C) groups is 1. The molecule has 0 amide bonds. The van der Waals surface area contributed by atoms with E-state index in [1.807, 2.05) is 11.8 Å². The largest absolute Gasteiger partial charge is 0.331 e. The lowest BCUT2D eigenvalue weighted by molar-refractivity contribution is 0.748. The normalized spacial score (nSPS) is 16.1. The first-order valence-corrected chi connectivity index (χ1v) is 5.49. The predicted molar refractivity (Wildman–Crippen MR) is 54.5 cm³/mol. The first-order valence-electron chi connectivity index (χ1n) is 2.31. The molecule has 0 atom stereocenters. The Morgan fingerprint density at radius 1 is 1.78 bits per heavy atom. The average Bonchev–Trinajstić information content (AvgIpc) is 2.43. The third kappa shape index (κ3) is 4.46. The number of hydrogen-bond acceptors (Lipinski definition) is 4. The molecule has 1 heterocycles. The number of thioether (sulfide) groups is 2. The van der Waals surface area contributed by atoms with E-state index in [1.165, 1.54) is 10.1 Å². The van der Waals surface area contributed by atoms with Crippen molar-refractivity contribution in [2.24, 2.45) is 4.99 Å². The van der Waals surface area contributed by atoms with Crippen LogP contribution >= 0.6 is 46.5 Å². The fourth-order valence-electron chi connectivity index (χ4n) is 0.439. The average molecular weight is 277 g/mol. The van der Waals surface area contributed by atoms with E-state index in [9.17, 15) is 0 Å². The van der Waals surface area contributed by atoms with Gasteiger partial charge in [-0.15, -0.1) is 11.8 Å². The first-order chi connectivity index (χ1) is 4.43. The number of halogens is 1. The van der Waals surface area contributed by atoms with Crippen LogP contribution in [0, 0.1) is 0 Å². The summed E-state index contributed by atoms with van der Waals surface area (Å²) in [4.78, 5) is 4.20. The Morgan fingerprint density at radius 2 is 2.44 bits per heavy atom. The van der Waals surface area contributed by atoms with Crippen LogP contribution in [0.5, 0.6) is 0 Å². The lowest BCUT2D eigenvalue weighted by Crippen LogP contribution is -1.72. The number of rotatable bonds is 0. The minimum atomic E-state index is 1.03. The van der Waals surface area contributed by atoms with Crippen molar-refractivity contribution >= 4 is 50.9 Å². The molecule has 1 rings (SSSR count). The SMILES string of the molecule is CSC1=NCCS1.OI. The predicted octanol–water partition coefficient (Wildman–Crippen LogP) is 1.78. The highest BCUT2D eigenvalue weighted by Gasteiger charge is 2.02.